The van der Waals surface area contributed by atoms with Gasteiger partial charge in [-0.25, -0.2) is 4.98 Å². The molecule has 0 aliphatic heterocycles. The van der Waals surface area contributed by atoms with E-state index in [1.54, 1.807) is 11.3 Å². The number of imidazole rings is 1. The number of carbonyl (C=O) groups is 1. The SMILES string of the molecule is CCn1c(SCC(=O)O)nc2c(=O)c3c(sc21)CCCC3. The van der Waals surface area contributed by atoms with Crippen LogP contribution in [0.3, 0.4) is 0 Å². The minimum absolute atomic E-state index is 0.0398. The smallest absolute Gasteiger partial charge is 0.313 e. The Morgan fingerprint density at radius 3 is 2.90 bits per heavy atom. The first-order chi connectivity index (χ1) is 10.1. The van der Waals surface area contributed by atoms with Crippen LogP contribution >= 0.6 is 23.1 Å². The number of hydrogen-bond donors (Lipinski definition) is 1. The molecule has 0 aromatic carbocycles. The molecule has 1 aliphatic carbocycles. The zero-order valence-electron chi connectivity index (χ0n) is 11.7. The summed E-state index contributed by atoms with van der Waals surface area (Å²) in [4.78, 5) is 29.8. The summed E-state index contributed by atoms with van der Waals surface area (Å²) in [5.74, 6) is -0.915. The van der Waals surface area contributed by atoms with Gasteiger partial charge in [-0.1, -0.05) is 11.8 Å². The van der Waals surface area contributed by atoms with E-state index in [1.165, 1.54) is 16.6 Å². The Labute approximate surface area is 130 Å². The van der Waals surface area contributed by atoms with Gasteiger partial charge in [-0.05, 0) is 32.6 Å². The van der Waals surface area contributed by atoms with E-state index in [0.717, 1.165) is 36.1 Å². The highest BCUT2D eigenvalue weighted by molar-refractivity contribution is 7.99. The summed E-state index contributed by atoms with van der Waals surface area (Å²) in [6.07, 6.45) is 4.01. The van der Waals surface area contributed by atoms with Crippen LogP contribution in [0.4, 0.5) is 0 Å². The third-order valence-corrected chi connectivity index (χ3v) is 5.92. The molecule has 1 aliphatic rings. The maximum absolute atomic E-state index is 12.6. The van der Waals surface area contributed by atoms with Crippen molar-refractivity contribution in [3.63, 3.8) is 0 Å². The Balaban J connectivity index is 2.16. The number of aromatic nitrogens is 2. The summed E-state index contributed by atoms with van der Waals surface area (Å²) < 4.78 is 1.96. The van der Waals surface area contributed by atoms with Crippen molar-refractivity contribution in [1.82, 2.24) is 9.55 Å². The fourth-order valence-corrected chi connectivity index (χ4v) is 4.88. The molecule has 0 bridgehead atoms. The molecule has 0 unspecified atom stereocenters. The summed E-state index contributed by atoms with van der Waals surface area (Å²) in [6.45, 7) is 2.68. The number of aliphatic carboxylic acids is 1. The molecule has 0 fully saturated rings. The molecule has 0 atom stereocenters. The van der Waals surface area contributed by atoms with Crippen LogP contribution in [0.15, 0.2) is 9.95 Å². The molecule has 3 rings (SSSR count). The van der Waals surface area contributed by atoms with Crippen LogP contribution in [0.2, 0.25) is 0 Å². The van der Waals surface area contributed by atoms with Crippen LogP contribution in [-0.2, 0) is 24.2 Å². The molecule has 0 saturated heterocycles. The van der Waals surface area contributed by atoms with Crippen molar-refractivity contribution in [2.24, 2.45) is 0 Å². The lowest BCUT2D eigenvalue weighted by Gasteiger charge is -2.13. The van der Waals surface area contributed by atoms with E-state index in [4.69, 9.17) is 5.11 Å². The standard InChI is InChI=1S/C14H16N2O3S2/c1-2-16-13-11(15-14(16)20-7-10(17)18)12(19)8-5-3-4-6-9(8)21-13/h2-7H2,1H3,(H,17,18). The van der Waals surface area contributed by atoms with Gasteiger partial charge in [-0.2, -0.15) is 0 Å². The van der Waals surface area contributed by atoms with E-state index >= 15 is 0 Å². The largest absolute Gasteiger partial charge is 0.481 e. The fraction of sp³-hybridized carbons (Fsp3) is 0.500. The van der Waals surface area contributed by atoms with Crippen LogP contribution < -0.4 is 5.43 Å². The van der Waals surface area contributed by atoms with Gasteiger partial charge in [0.15, 0.2) is 5.16 Å². The second-order valence-corrected chi connectivity index (χ2v) is 7.04. The molecule has 2 heterocycles. The Morgan fingerprint density at radius 1 is 1.43 bits per heavy atom. The number of fused-ring (bicyclic) bond motifs is 2. The Morgan fingerprint density at radius 2 is 2.19 bits per heavy atom. The maximum Gasteiger partial charge on any atom is 0.313 e. The predicted molar refractivity (Wildman–Crippen MR) is 84.6 cm³/mol. The van der Waals surface area contributed by atoms with Gasteiger partial charge in [-0.3, -0.25) is 9.59 Å². The van der Waals surface area contributed by atoms with Gasteiger partial charge in [0, 0.05) is 17.0 Å². The number of carboxylic acid groups (broad SMARTS) is 1. The number of nitrogens with zero attached hydrogens (tertiary/aromatic N) is 2. The van der Waals surface area contributed by atoms with E-state index in [9.17, 15) is 9.59 Å². The Kier molecular flexibility index (Phi) is 4.03. The molecule has 0 saturated carbocycles. The van der Waals surface area contributed by atoms with Crippen molar-refractivity contribution in [1.29, 1.82) is 0 Å². The molecule has 112 valence electrons. The highest BCUT2D eigenvalue weighted by atomic mass is 32.2. The molecule has 5 nitrogen and oxygen atoms in total. The van der Waals surface area contributed by atoms with Crippen LogP contribution in [0, 0.1) is 0 Å². The summed E-state index contributed by atoms with van der Waals surface area (Å²) in [7, 11) is 0. The number of hydrogen-bond acceptors (Lipinski definition) is 5. The molecule has 0 spiro atoms. The van der Waals surface area contributed by atoms with Crippen LogP contribution in [-0.4, -0.2) is 26.4 Å². The lowest BCUT2D eigenvalue weighted by molar-refractivity contribution is -0.133. The first-order valence-corrected chi connectivity index (χ1v) is 8.81. The van der Waals surface area contributed by atoms with Gasteiger partial charge in [0.05, 0.1) is 5.75 Å². The predicted octanol–water partition coefficient (Wildman–Crippen LogP) is 2.53. The highest BCUT2D eigenvalue weighted by Crippen LogP contribution is 2.31. The average Bonchev–Trinajstić information content (AvgIpc) is 2.83. The minimum atomic E-state index is -0.875. The van der Waals surface area contributed by atoms with Gasteiger partial charge in [0.1, 0.15) is 10.3 Å². The number of thioether (sulfide) groups is 1. The summed E-state index contributed by atoms with van der Waals surface area (Å²) in [6, 6.07) is 0. The maximum atomic E-state index is 12.6. The second-order valence-electron chi connectivity index (χ2n) is 5.01. The lowest BCUT2D eigenvalue weighted by atomic mass is 9.98. The molecular formula is C14H16N2O3S2. The molecule has 21 heavy (non-hydrogen) atoms. The molecule has 1 N–H and O–H groups in total. The summed E-state index contributed by atoms with van der Waals surface area (Å²) in [5, 5.41) is 9.45. The first kappa shape index (κ1) is 14.6. The van der Waals surface area contributed by atoms with E-state index in [0.29, 0.717) is 17.2 Å². The van der Waals surface area contributed by atoms with Crippen molar-refractivity contribution >= 4 is 39.4 Å². The van der Waals surface area contributed by atoms with Gasteiger partial charge < -0.3 is 9.67 Å². The molecule has 2 aromatic heterocycles. The number of rotatable bonds is 4. The van der Waals surface area contributed by atoms with Crippen LogP contribution in [0.25, 0.3) is 10.3 Å². The molecule has 7 heteroatoms. The van der Waals surface area contributed by atoms with Crippen molar-refractivity contribution in [3.8, 4) is 0 Å². The van der Waals surface area contributed by atoms with Gasteiger partial charge in [-0.15, -0.1) is 11.3 Å². The fourth-order valence-electron chi connectivity index (χ4n) is 2.68. The Bertz CT molecular complexity index is 764. The van der Waals surface area contributed by atoms with Crippen LogP contribution in [0.5, 0.6) is 0 Å². The number of aryl methyl sites for hydroxylation is 2. The van der Waals surface area contributed by atoms with Crippen LogP contribution in [0.1, 0.15) is 30.2 Å². The van der Waals surface area contributed by atoms with Gasteiger partial charge in [0.25, 0.3) is 0 Å². The van der Waals surface area contributed by atoms with E-state index in [-0.39, 0.29) is 11.2 Å². The molecule has 2 aromatic rings. The van der Waals surface area contributed by atoms with Crippen molar-refractivity contribution in [2.45, 2.75) is 44.3 Å². The first-order valence-electron chi connectivity index (χ1n) is 7.01. The van der Waals surface area contributed by atoms with Gasteiger partial charge in [0.2, 0.25) is 5.43 Å². The zero-order valence-corrected chi connectivity index (χ0v) is 13.4. The minimum Gasteiger partial charge on any atom is -0.481 e. The normalized spacial score (nSPS) is 14.3. The average molecular weight is 324 g/mol. The molecular weight excluding hydrogens is 308 g/mol. The van der Waals surface area contributed by atoms with Crippen molar-refractivity contribution < 1.29 is 9.90 Å². The third-order valence-electron chi connectivity index (χ3n) is 3.65. The highest BCUT2D eigenvalue weighted by Gasteiger charge is 2.21. The lowest BCUT2D eigenvalue weighted by Crippen LogP contribution is -2.15. The van der Waals surface area contributed by atoms with E-state index in [2.05, 4.69) is 4.98 Å². The second kappa shape index (κ2) is 5.81. The monoisotopic (exact) mass is 324 g/mol. The zero-order chi connectivity index (χ0) is 15.0. The topological polar surface area (TPSA) is 72.2 Å². The Hall–Kier alpha value is -1.34. The van der Waals surface area contributed by atoms with E-state index in [1.807, 2.05) is 11.5 Å². The quantitative estimate of drug-likeness (QED) is 0.875. The molecule has 0 radical (unpaired) electrons. The van der Waals surface area contributed by atoms with Crippen molar-refractivity contribution in [3.05, 3.63) is 20.7 Å². The van der Waals surface area contributed by atoms with Gasteiger partial charge >= 0.3 is 5.97 Å². The summed E-state index contributed by atoms with van der Waals surface area (Å²) in [5.41, 5.74) is 1.48. The van der Waals surface area contributed by atoms with E-state index < -0.39 is 5.97 Å². The number of carboxylic acids is 1. The summed E-state index contributed by atoms with van der Waals surface area (Å²) >= 11 is 2.83. The molecule has 0 amide bonds. The van der Waals surface area contributed by atoms with Crippen molar-refractivity contribution in [2.75, 3.05) is 5.75 Å². The third kappa shape index (κ3) is 2.60.